The first-order valence-electron chi connectivity index (χ1n) is 21.2. The Bertz CT molecular complexity index is 495. The number of hydrogen-bond donors (Lipinski definition) is 2. The zero-order chi connectivity index (χ0) is 33.1. The zero-order valence-electron chi connectivity index (χ0n) is 31.9. The van der Waals surface area contributed by atoms with Crippen LogP contribution in [-0.4, -0.2) is 25.3 Å². The Morgan fingerprint density at radius 1 is 0.333 bits per heavy atom. The van der Waals surface area contributed by atoms with Crippen LogP contribution in [-0.2, 0) is 4.74 Å². The molecular formula is C42H88N2O. The number of ether oxygens (including phenoxy) is 1. The number of nitrogens with two attached hydrogens (primary N) is 2. The van der Waals surface area contributed by atoms with E-state index in [1.165, 1.54) is 180 Å². The van der Waals surface area contributed by atoms with Crippen molar-refractivity contribution >= 4 is 0 Å². The van der Waals surface area contributed by atoms with Crippen LogP contribution < -0.4 is 11.5 Å². The molecule has 0 aliphatic carbocycles. The van der Waals surface area contributed by atoms with E-state index in [4.69, 9.17) is 16.2 Å². The first-order chi connectivity index (χ1) is 22.1. The maximum atomic E-state index is 6.55. The van der Waals surface area contributed by atoms with Crippen molar-refractivity contribution in [1.29, 1.82) is 0 Å². The van der Waals surface area contributed by atoms with Crippen LogP contribution in [0.4, 0.5) is 0 Å². The molecule has 0 aromatic carbocycles. The van der Waals surface area contributed by atoms with Crippen molar-refractivity contribution in [2.24, 2.45) is 23.3 Å². The third kappa shape index (κ3) is 30.9. The van der Waals surface area contributed by atoms with Gasteiger partial charge in [-0.25, -0.2) is 0 Å². The average Bonchev–Trinajstić information content (AvgIpc) is 3.06. The van der Waals surface area contributed by atoms with Gasteiger partial charge in [-0.15, -0.1) is 0 Å². The summed E-state index contributed by atoms with van der Waals surface area (Å²) in [6.07, 6.45) is 43.8. The Morgan fingerprint density at radius 2 is 0.578 bits per heavy atom. The summed E-state index contributed by atoms with van der Waals surface area (Å²) in [6.45, 7) is 10.8. The molecule has 3 nitrogen and oxygen atoms in total. The lowest BCUT2D eigenvalue weighted by atomic mass is 9.89. The summed E-state index contributed by atoms with van der Waals surface area (Å²) in [6, 6.07) is 0.644. The van der Waals surface area contributed by atoms with E-state index in [2.05, 4.69) is 27.7 Å². The normalized spacial score (nSPS) is 14.5. The molecule has 0 saturated heterocycles. The van der Waals surface area contributed by atoms with Crippen molar-refractivity contribution in [3.8, 4) is 0 Å². The van der Waals surface area contributed by atoms with Crippen LogP contribution in [0, 0.1) is 11.8 Å². The van der Waals surface area contributed by atoms with E-state index >= 15 is 0 Å². The molecule has 272 valence electrons. The fraction of sp³-hybridized carbons (Fsp3) is 1.00. The molecule has 0 fully saturated rings. The molecule has 3 heteroatoms. The fourth-order valence-electron chi connectivity index (χ4n) is 7.23. The molecule has 4 atom stereocenters. The van der Waals surface area contributed by atoms with Gasteiger partial charge in [-0.3, -0.25) is 0 Å². The number of rotatable bonds is 38. The zero-order valence-corrected chi connectivity index (χ0v) is 31.9. The largest absolute Gasteiger partial charge is 0.381 e. The third-order valence-electron chi connectivity index (χ3n) is 10.8. The minimum absolute atomic E-state index is 0.322. The predicted octanol–water partition coefficient (Wildman–Crippen LogP) is 13.5. The monoisotopic (exact) mass is 637 g/mol. The molecule has 0 bridgehead atoms. The van der Waals surface area contributed by atoms with Crippen molar-refractivity contribution in [2.75, 3.05) is 13.2 Å². The van der Waals surface area contributed by atoms with Gasteiger partial charge in [0.15, 0.2) is 0 Å². The molecule has 0 aliphatic heterocycles. The first-order valence-corrected chi connectivity index (χ1v) is 21.2. The minimum Gasteiger partial charge on any atom is -0.381 e. The van der Waals surface area contributed by atoms with Gasteiger partial charge in [0.2, 0.25) is 0 Å². The summed E-state index contributed by atoms with van der Waals surface area (Å²) in [4.78, 5) is 0. The molecule has 0 amide bonds. The van der Waals surface area contributed by atoms with Crippen molar-refractivity contribution in [1.82, 2.24) is 0 Å². The molecule has 45 heavy (non-hydrogen) atoms. The van der Waals surface area contributed by atoms with Gasteiger partial charge in [-0.2, -0.15) is 0 Å². The Morgan fingerprint density at radius 3 is 0.822 bits per heavy atom. The van der Waals surface area contributed by atoms with Gasteiger partial charge < -0.3 is 16.2 Å². The van der Waals surface area contributed by atoms with Crippen molar-refractivity contribution < 1.29 is 4.74 Å². The second kappa shape index (κ2) is 36.7. The molecule has 4 N–H and O–H groups in total. The van der Waals surface area contributed by atoms with Crippen LogP contribution in [0.25, 0.3) is 0 Å². The van der Waals surface area contributed by atoms with Crippen LogP contribution in [0.5, 0.6) is 0 Å². The standard InChI is InChI=1S/C42H88N2O/c1-5-9-11-13-15-17-19-21-23-25-27-29-31-33-39(41(43)7-3)35-37-45-38-36-40(42(44)8-4)34-32-30-28-26-24-22-20-18-16-14-12-10-6-2/h39-42H,5-38,43-44H2,1-4H3. The van der Waals surface area contributed by atoms with Crippen molar-refractivity contribution in [3.63, 3.8) is 0 Å². The second-order valence-corrected chi connectivity index (χ2v) is 14.9. The van der Waals surface area contributed by atoms with Crippen molar-refractivity contribution in [2.45, 2.75) is 245 Å². The quantitative estimate of drug-likeness (QED) is 0.0663. The Kier molecular flexibility index (Phi) is 36.6. The van der Waals surface area contributed by atoms with Gasteiger partial charge in [-0.1, -0.05) is 195 Å². The predicted molar refractivity (Wildman–Crippen MR) is 204 cm³/mol. The van der Waals surface area contributed by atoms with Crippen LogP contribution >= 0.6 is 0 Å². The Labute approximate surface area is 285 Å². The summed E-state index contributed by atoms with van der Waals surface area (Å²) in [7, 11) is 0. The van der Waals surface area contributed by atoms with Crippen LogP contribution in [0.1, 0.15) is 233 Å². The van der Waals surface area contributed by atoms with Crippen LogP contribution in [0.3, 0.4) is 0 Å². The van der Waals surface area contributed by atoms with Gasteiger partial charge >= 0.3 is 0 Å². The molecule has 0 radical (unpaired) electrons. The highest BCUT2D eigenvalue weighted by Crippen LogP contribution is 2.22. The lowest BCUT2D eigenvalue weighted by molar-refractivity contribution is 0.0970. The first kappa shape index (κ1) is 44.9. The summed E-state index contributed by atoms with van der Waals surface area (Å²) >= 11 is 0. The molecule has 0 spiro atoms. The molecule has 0 heterocycles. The number of hydrogen-bond acceptors (Lipinski definition) is 3. The van der Waals surface area contributed by atoms with Gasteiger partial charge in [0.25, 0.3) is 0 Å². The van der Waals surface area contributed by atoms with Crippen molar-refractivity contribution in [3.05, 3.63) is 0 Å². The summed E-state index contributed by atoms with van der Waals surface area (Å²) in [5.41, 5.74) is 13.1. The molecule has 0 rings (SSSR count). The highest BCUT2D eigenvalue weighted by Gasteiger charge is 2.18. The lowest BCUT2D eigenvalue weighted by Crippen LogP contribution is -2.31. The van der Waals surface area contributed by atoms with E-state index in [0.29, 0.717) is 23.9 Å². The molecule has 0 saturated carbocycles. The number of unbranched alkanes of at least 4 members (excludes halogenated alkanes) is 24. The molecule has 0 aromatic rings. The van der Waals surface area contributed by atoms with Gasteiger partial charge in [0, 0.05) is 25.3 Å². The summed E-state index contributed by atoms with van der Waals surface area (Å²) in [5, 5.41) is 0. The molecule has 0 aliphatic rings. The fourth-order valence-corrected chi connectivity index (χ4v) is 7.23. The van der Waals surface area contributed by atoms with E-state index < -0.39 is 0 Å². The second-order valence-electron chi connectivity index (χ2n) is 14.9. The topological polar surface area (TPSA) is 61.3 Å². The summed E-state index contributed by atoms with van der Waals surface area (Å²) < 4.78 is 6.21. The third-order valence-corrected chi connectivity index (χ3v) is 10.8. The van der Waals surface area contributed by atoms with Crippen LogP contribution in [0.15, 0.2) is 0 Å². The SMILES string of the molecule is CCCCCCCCCCCCCCCC(CCOCCC(CCCCCCCCCCCCCCC)C(N)CC)C(N)CC. The minimum atomic E-state index is 0.322. The smallest absolute Gasteiger partial charge is 0.0469 e. The Hall–Kier alpha value is -0.120. The maximum Gasteiger partial charge on any atom is 0.0469 e. The van der Waals surface area contributed by atoms with Gasteiger partial charge in [0.1, 0.15) is 0 Å². The average molecular weight is 637 g/mol. The van der Waals surface area contributed by atoms with E-state index in [1.54, 1.807) is 0 Å². The molecule has 4 unspecified atom stereocenters. The maximum absolute atomic E-state index is 6.55. The van der Waals surface area contributed by atoms with E-state index in [9.17, 15) is 0 Å². The summed E-state index contributed by atoms with van der Waals surface area (Å²) in [5.74, 6) is 1.23. The van der Waals surface area contributed by atoms with Gasteiger partial charge in [-0.05, 0) is 50.4 Å². The lowest BCUT2D eigenvalue weighted by Gasteiger charge is -2.24. The Balaban J connectivity index is 3.90. The van der Waals surface area contributed by atoms with Crippen LogP contribution in [0.2, 0.25) is 0 Å². The molecular weight excluding hydrogens is 548 g/mol. The van der Waals surface area contributed by atoms with E-state index in [1.807, 2.05) is 0 Å². The van der Waals surface area contributed by atoms with E-state index in [-0.39, 0.29) is 0 Å². The molecule has 0 aromatic heterocycles. The van der Waals surface area contributed by atoms with Gasteiger partial charge in [0.05, 0.1) is 0 Å². The highest BCUT2D eigenvalue weighted by molar-refractivity contribution is 4.74. The highest BCUT2D eigenvalue weighted by atomic mass is 16.5. The van der Waals surface area contributed by atoms with E-state index in [0.717, 1.165) is 38.9 Å².